The van der Waals surface area contributed by atoms with E-state index in [1.165, 1.54) is 29.4 Å². The van der Waals surface area contributed by atoms with Crippen molar-refractivity contribution in [2.24, 2.45) is 0 Å². The minimum atomic E-state index is -0.319. The van der Waals surface area contributed by atoms with Crippen molar-refractivity contribution >= 4 is 5.97 Å². The maximum atomic E-state index is 12.2. The fraction of sp³-hybridized carbons (Fsp3) is 0.321. The minimum Gasteiger partial charge on any atom is -0.493 e. The molecule has 0 unspecified atom stereocenters. The Morgan fingerprint density at radius 1 is 1.09 bits per heavy atom. The van der Waals surface area contributed by atoms with Gasteiger partial charge in [0, 0.05) is 18.2 Å². The van der Waals surface area contributed by atoms with Crippen LogP contribution in [0.5, 0.6) is 5.75 Å². The minimum absolute atomic E-state index is 0.319. The smallest absolute Gasteiger partial charge is 0.339 e. The number of carbonyl (C=O) groups excluding carboxylic acids is 1. The molecule has 1 aliphatic heterocycles. The van der Waals surface area contributed by atoms with E-state index in [-0.39, 0.29) is 5.97 Å². The van der Waals surface area contributed by atoms with Crippen LogP contribution in [0, 0.1) is 6.92 Å². The first-order valence-corrected chi connectivity index (χ1v) is 11.3. The molecule has 0 saturated carbocycles. The highest BCUT2D eigenvalue weighted by molar-refractivity contribution is 5.93. The van der Waals surface area contributed by atoms with Crippen LogP contribution in [-0.2, 0) is 22.4 Å². The fourth-order valence-electron chi connectivity index (χ4n) is 4.34. The lowest BCUT2D eigenvalue weighted by Crippen LogP contribution is -2.26. The van der Waals surface area contributed by atoms with E-state index >= 15 is 0 Å². The van der Waals surface area contributed by atoms with Gasteiger partial charge in [0.05, 0.1) is 19.3 Å². The number of aryl methyl sites for hydroxylation is 3. The summed E-state index contributed by atoms with van der Waals surface area (Å²) >= 11 is 0. The summed E-state index contributed by atoms with van der Waals surface area (Å²) in [6.45, 7) is 3.59. The van der Waals surface area contributed by atoms with Gasteiger partial charge in [0.15, 0.2) is 0 Å². The zero-order valence-corrected chi connectivity index (χ0v) is 18.9. The highest BCUT2D eigenvalue weighted by atomic mass is 16.5. The Morgan fingerprint density at radius 2 is 1.91 bits per heavy atom. The van der Waals surface area contributed by atoms with E-state index in [1.807, 2.05) is 24.3 Å². The first kappa shape index (κ1) is 21.9. The summed E-state index contributed by atoms with van der Waals surface area (Å²) in [7, 11) is 1.42. The van der Waals surface area contributed by atoms with Gasteiger partial charge in [-0.3, -0.25) is 0 Å². The van der Waals surface area contributed by atoms with Gasteiger partial charge in [-0.1, -0.05) is 54.1 Å². The molecule has 166 valence electrons. The van der Waals surface area contributed by atoms with E-state index in [1.54, 1.807) is 0 Å². The lowest BCUT2D eigenvalue weighted by Gasteiger charge is -2.27. The molecule has 0 spiro atoms. The SMILES string of the molecule is COC(=O)C1=C(NC[C@@H]2CCOc3cc(CCc4cccc(C)c4)ccc32)C=CCC=C1. The molecule has 0 bridgehead atoms. The molecule has 4 heteroatoms. The highest BCUT2D eigenvalue weighted by Gasteiger charge is 2.23. The Hall–Kier alpha value is -3.27. The van der Waals surface area contributed by atoms with Crippen LogP contribution in [0.25, 0.3) is 0 Å². The van der Waals surface area contributed by atoms with Crippen LogP contribution in [0.15, 0.2) is 78.0 Å². The van der Waals surface area contributed by atoms with Crippen molar-refractivity contribution in [2.45, 2.75) is 38.5 Å². The number of benzene rings is 2. The van der Waals surface area contributed by atoms with Gasteiger partial charge in [-0.2, -0.15) is 0 Å². The molecule has 4 nitrogen and oxygen atoms in total. The third-order valence-electron chi connectivity index (χ3n) is 6.10. The second kappa shape index (κ2) is 10.4. The fourth-order valence-corrected chi connectivity index (χ4v) is 4.34. The van der Waals surface area contributed by atoms with Crippen LogP contribution >= 0.6 is 0 Å². The second-order valence-electron chi connectivity index (χ2n) is 8.44. The van der Waals surface area contributed by atoms with Gasteiger partial charge in [0.25, 0.3) is 0 Å². The predicted molar refractivity (Wildman–Crippen MR) is 128 cm³/mol. The number of fused-ring (bicyclic) bond motifs is 1. The van der Waals surface area contributed by atoms with E-state index in [9.17, 15) is 4.79 Å². The summed E-state index contributed by atoms with van der Waals surface area (Å²) in [6.07, 6.45) is 11.6. The van der Waals surface area contributed by atoms with Crippen molar-refractivity contribution in [2.75, 3.05) is 20.3 Å². The molecule has 2 aromatic rings. The monoisotopic (exact) mass is 429 g/mol. The molecule has 0 saturated heterocycles. The van der Waals surface area contributed by atoms with Gasteiger partial charge in [0.1, 0.15) is 5.75 Å². The van der Waals surface area contributed by atoms with Crippen molar-refractivity contribution in [3.8, 4) is 5.75 Å². The number of hydrogen-bond acceptors (Lipinski definition) is 4. The number of hydrogen-bond donors (Lipinski definition) is 1. The quantitative estimate of drug-likeness (QED) is 0.616. The van der Waals surface area contributed by atoms with E-state index in [2.05, 4.69) is 54.7 Å². The van der Waals surface area contributed by atoms with Gasteiger partial charge in [-0.25, -0.2) is 4.79 Å². The van der Waals surface area contributed by atoms with Gasteiger partial charge in [-0.05, 0) is 67.5 Å². The molecule has 1 N–H and O–H groups in total. The first-order chi connectivity index (χ1) is 15.6. The zero-order chi connectivity index (χ0) is 22.3. The average Bonchev–Trinajstić information content (AvgIpc) is 3.06. The summed E-state index contributed by atoms with van der Waals surface area (Å²) in [5.41, 5.74) is 6.58. The van der Waals surface area contributed by atoms with E-state index < -0.39 is 0 Å². The van der Waals surface area contributed by atoms with Gasteiger partial charge < -0.3 is 14.8 Å². The van der Waals surface area contributed by atoms with Crippen molar-refractivity contribution in [1.29, 1.82) is 0 Å². The molecule has 0 radical (unpaired) electrons. The first-order valence-electron chi connectivity index (χ1n) is 11.3. The second-order valence-corrected chi connectivity index (χ2v) is 8.44. The number of nitrogens with one attached hydrogen (secondary N) is 1. The van der Waals surface area contributed by atoms with Crippen LogP contribution in [0.3, 0.4) is 0 Å². The summed E-state index contributed by atoms with van der Waals surface area (Å²) in [5.74, 6) is 1.00. The van der Waals surface area contributed by atoms with Crippen molar-refractivity contribution in [1.82, 2.24) is 5.32 Å². The Balaban J connectivity index is 1.45. The number of allylic oxidation sites excluding steroid dienone is 3. The Labute approximate surface area is 190 Å². The number of methoxy groups -OCH3 is 1. The third kappa shape index (κ3) is 5.31. The molecule has 2 aliphatic rings. The molecule has 0 aromatic heterocycles. The summed E-state index contributed by atoms with van der Waals surface area (Å²) in [6, 6.07) is 15.3. The highest BCUT2D eigenvalue weighted by Crippen LogP contribution is 2.34. The van der Waals surface area contributed by atoms with Crippen molar-refractivity contribution in [3.63, 3.8) is 0 Å². The van der Waals surface area contributed by atoms with E-state index in [0.717, 1.165) is 43.7 Å². The third-order valence-corrected chi connectivity index (χ3v) is 6.10. The van der Waals surface area contributed by atoms with Gasteiger partial charge in [-0.15, -0.1) is 0 Å². The molecule has 0 fully saturated rings. The summed E-state index contributed by atoms with van der Waals surface area (Å²) in [4.78, 5) is 12.2. The molecule has 4 rings (SSSR count). The Bertz CT molecular complexity index is 1060. The van der Waals surface area contributed by atoms with Crippen LogP contribution in [-0.4, -0.2) is 26.2 Å². The number of rotatable bonds is 7. The van der Waals surface area contributed by atoms with Crippen molar-refractivity contribution < 1.29 is 14.3 Å². The standard InChI is InChI=1S/C28H31NO3/c1-20-7-6-8-21(17-20)11-12-22-13-14-24-23(15-16-32-27(24)18-22)19-29-26-10-5-3-4-9-25(26)28(30)31-2/h4-10,13-14,17-18,23,29H,3,11-12,15-16,19H2,1-2H3/t23-/m0/s1. The average molecular weight is 430 g/mol. The van der Waals surface area contributed by atoms with Gasteiger partial charge >= 0.3 is 5.97 Å². The lowest BCUT2D eigenvalue weighted by molar-refractivity contribution is -0.135. The largest absolute Gasteiger partial charge is 0.493 e. The van der Waals surface area contributed by atoms with Crippen LogP contribution in [0.4, 0.5) is 0 Å². The molecule has 32 heavy (non-hydrogen) atoms. The summed E-state index contributed by atoms with van der Waals surface area (Å²) < 4.78 is 11.0. The normalized spacial score (nSPS) is 17.4. The number of esters is 1. The molecule has 0 amide bonds. The maximum absolute atomic E-state index is 12.2. The number of carbonyl (C=O) groups is 1. The van der Waals surface area contributed by atoms with E-state index in [0.29, 0.717) is 18.1 Å². The predicted octanol–water partition coefficient (Wildman–Crippen LogP) is 5.18. The molecule has 1 atom stereocenters. The molecule has 1 heterocycles. The lowest BCUT2D eigenvalue weighted by atomic mass is 9.91. The van der Waals surface area contributed by atoms with E-state index in [4.69, 9.17) is 9.47 Å². The van der Waals surface area contributed by atoms with Crippen molar-refractivity contribution in [3.05, 3.63) is 100 Å². The van der Waals surface area contributed by atoms with Crippen LogP contribution < -0.4 is 10.1 Å². The van der Waals surface area contributed by atoms with Crippen LogP contribution in [0.2, 0.25) is 0 Å². The summed E-state index contributed by atoms with van der Waals surface area (Å²) in [5, 5.41) is 3.49. The molecular weight excluding hydrogens is 398 g/mol. The topological polar surface area (TPSA) is 47.6 Å². The zero-order valence-electron chi connectivity index (χ0n) is 18.9. The van der Waals surface area contributed by atoms with Gasteiger partial charge in [0.2, 0.25) is 0 Å². The van der Waals surface area contributed by atoms with Crippen LogP contribution in [0.1, 0.15) is 41.0 Å². The number of ether oxygens (including phenoxy) is 2. The molecule has 1 aliphatic carbocycles. The molecular formula is C28H31NO3. The Kier molecular flexibility index (Phi) is 7.10. The maximum Gasteiger partial charge on any atom is 0.339 e. The molecule has 2 aromatic carbocycles. The Morgan fingerprint density at radius 3 is 2.72 bits per heavy atom.